The van der Waals surface area contributed by atoms with Crippen LogP contribution in [0.4, 0.5) is 0 Å². The molecule has 2 unspecified atom stereocenters. The zero-order valence-electron chi connectivity index (χ0n) is 7.36. The van der Waals surface area contributed by atoms with Gasteiger partial charge in [0, 0.05) is 13.1 Å². The first-order chi connectivity index (χ1) is 5.60. The summed E-state index contributed by atoms with van der Waals surface area (Å²) in [6, 6.07) is 4.01. The van der Waals surface area contributed by atoms with E-state index in [0.717, 1.165) is 5.06 Å². The van der Waals surface area contributed by atoms with Crippen LogP contribution in [0.2, 0.25) is 0 Å². The van der Waals surface area contributed by atoms with Crippen molar-refractivity contribution in [2.45, 2.75) is 13.8 Å². The number of nitrogens with zero attached hydrogens (tertiary/aromatic N) is 3. The second-order valence-electron chi connectivity index (χ2n) is 2.93. The molecule has 0 radical (unpaired) electrons. The van der Waals surface area contributed by atoms with Crippen molar-refractivity contribution in [3.8, 4) is 12.1 Å². The molecule has 0 saturated heterocycles. The number of hydrogen-bond donors (Lipinski definition) is 1. The number of hydroxylamine groups is 2. The molecule has 0 heterocycles. The molecule has 0 aliphatic carbocycles. The third-order valence-corrected chi connectivity index (χ3v) is 1.41. The molecule has 0 spiro atoms. The fourth-order valence-corrected chi connectivity index (χ4v) is 0.788. The van der Waals surface area contributed by atoms with E-state index < -0.39 is 0 Å². The Bertz CT molecular complexity index is 181. The minimum absolute atomic E-state index is 0.208. The molecule has 66 valence electrons. The monoisotopic (exact) mass is 167 g/mol. The first-order valence-electron chi connectivity index (χ1n) is 3.83. The molecule has 0 saturated carbocycles. The van der Waals surface area contributed by atoms with Crippen LogP contribution >= 0.6 is 0 Å². The summed E-state index contributed by atoms with van der Waals surface area (Å²) in [6.45, 7) is 4.03. The molecule has 4 nitrogen and oxygen atoms in total. The SMILES string of the molecule is CC(C#N)CN(O)CC(C)C#N. The molecule has 0 fully saturated rings. The highest BCUT2D eigenvalue weighted by Gasteiger charge is 2.09. The van der Waals surface area contributed by atoms with Crippen LogP contribution in [0.3, 0.4) is 0 Å². The average molecular weight is 167 g/mol. The van der Waals surface area contributed by atoms with Crippen LogP contribution in [-0.4, -0.2) is 23.4 Å². The zero-order valence-corrected chi connectivity index (χ0v) is 7.36. The van der Waals surface area contributed by atoms with Gasteiger partial charge in [-0.25, -0.2) is 0 Å². The molecule has 0 aromatic heterocycles. The normalized spacial score (nSPS) is 14.8. The van der Waals surface area contributed by atoms with Crippen molar-refractivity contribution in [2.75, 3.05) is 13.1 Å². The fourth-order valence-electron chi connectivity index (χ4n) is 0.788. The molecule has 0 bridgehead atoms. The van der Waals surface area contributed by atoms with Crippen LogP contribution in [0.25, 0.3) is 0 Å². The van der Waals surface area contributed by atoms with E-state index in [4.69, 9.17) is 10.5 Å². The van der Waals surface area contributed by atoms with Gasteiger partial charge in [0.1, 0.15) is 0 Å². The molecule has 0 aliphatic rings. The van der Waals surface area contributed by atoms with Crippen LogP contribution in [0, 0.1) is 34.5 Å². The Hall–Kier alpha value is -1.10. The van der Waals surface area contributed by atoms with E-state index in [0.29, 0.717) is 13.1 Å². The van der Waals surface area contributed by atoms with Crippen LogP contribution in [-0.2, 0) is 0 Å². The minimum Gasteiger partial charge on any atom is -0.314 e. The van der Waals surface area contributed by atoms with Crippen LogP contribution in [0.15, 0.2) is 0 Å². The maximum atomic E-state index is 9.18. The highest BCUT2D eigenvalue weighted by atomic mass is 16.5. The van der Waals surface area contributed by atoms with Gasteiger partial charge in [0.05, 0.1) is 24.0 Å². The Morgan fingerprint density at radius 3 is 1.75 bits per heavy atom. The van der Waals surface area contributed by atoms with Crippen molar-refractivity contribution < 1.29 is 5.21 Å². The van der Waals surface area contributed by atoms with E-state index in [1.165, 1.54) is 0 Å². The molecule has 0 rings (SSSR count). The van der Waals surface area contributed by atoms with E-state index >= 15 is 0 Å². The topological polar surface area (TPSA) is 71.1 Å². The van der Waals surface area contributed by atoms with Crippen molar-refractivity contribution in [1.29, 1.82) is 10.5 Å². The highest BCUT2D eigenvalue weighted by molar-refractivity contribution is 4.83. The molecule has 12 heavy (non-hydrogen) atoms. The smallest absolute Gasteiger partial charge is 0.0667 e. The summed E-state index contributed by atoms with van der Waals surface area (Å²) in [6.07, 6.45) is 0. The van der Waals surface area contributed by atoms with Gasteiger partial charge in [-0.3, -0.25) is 0 Å². The Kier molecular flexibility index (Phi) is 5.03. The largest absolute Gasteiger partial charge is 0.314 e. The van der Waals surface area contributed by atoms with E-state index in [1.54, 1.807) is 13.8 Å². The molecular weight excluding hydrogens is 154 g/mol. The standard InChI is InChI=1S/C8H13N3O/c1-7(3-9)5-11(12)6-8(2)4-10/h7-8,12H,5-6H2,1-2H3. The molecule has 0 aromatic rings. The van der Waals surface area contributed by atoms with Crippen molar-refractivity contribution in [1.82, 2.24) is 5.06 Å². The van der Waals surface area contributed by atoms with E-state index in [9.17, 15) is 5.21 Å². The lowest BCUT2D eigenvalue weighted by atomic mass is 10.2. The Morgan fingerprint density at radius 2 is 1.50 bits per heavy atom. The number of rotatable bonds is 4. The number of hydrogen-bond acceptors (Lipinski definition) is 4. The first-order valence-corrected chi connectivity index (χ1v) is 3.83. The van der Waals surface area contributed by atoms with Gasteiger partial charge in [-0.1, -0.05) is 0 Å². The van der Waals surface area contributed by atoms with Crippen molar-refractivity contribution in [3.63, 3.8) is 0 Å². The minimum atomic E-state index is -0.208. The molecule has 0 amide bonds. The first kappa shape index (κ1) is 10.9. The highest BCUT2D eigenvalue weighted by Crippen LogP contribution is 1.99. The van der Waals surface area contributed by atoms with Gasteiger partial charge in [0.25, 0.3) is 0 Å². The van der Waals surface area contributed by atoms with Crippen molar-refractivity contribution in [3.05, 3.63) is 0 Å². The molecule has 1 N–H and O–H groups in total. The summed E-state index contributed by atoms with van der Waals surface area (Å²) in [5, 5.41) is 27.0. The van der Waals surface area contributed by atoms with Gasteiger partial charge in [0.15, 0.2) is 0 Å². The zero-order chi connectivity index (χ0) is 9.56. The summed E-state index contributed by atoms with van der Waals surface area (Å²) in [5.41, 5.74) is 0. The second kappa shape index (κ2) is 5.54. The van der Waals surface area contributed by atoms with E-state index in [2.05, 4.69) is 0 Å². The second-order valence-corrected chi connectivity index (χ2v) is 2.93. The van der Waals surface area contributed by atoms with Gasteiger partial charge >= 0.3 is 0 Å². The Labute approximate surface area is 72.6 Å². The molecule has 4 heteroatoms. The van der Waals surface area contributed by atoms with Crippen molar-refractivity contribution in [2.24, 2.45) is 11.8 Å². The van der Waals surface area contributed by atoms with E-state index in [1.807, 2.05) is 12.1 Å². The third kappa shape index (κ3) is 4.68. The van der Waals surface area contributed by atoms with Gasteiger partial charge in [0.2, 0.25) is 0 Å². The Morgan fingerprint density at radius 1 is 1.17 bits per heavy atom. The summed E-state index contributed by atoms with van der Waals surface area (Å²) in [5.74, 6) is -0.415. The predicted molar refractivity (Wildman–Crippen MR) is 42.9 cm³/mol. The maximum absolute atomic E-state index is 9.18. The summed E-state index contributed by atoms with van der Waals surface area (Å²) in [4.78, 5) is 0. The van der Waals surface area contributed by atoms with E-state index in [-0.39, 0.29) is 11.8 Å². The lowest BCUT2D eigenvalue weighted by Crippen LogP contribution is -2.28. The third-order valence-electron chi connectivity index (χ3n) is 1.41. The maximum Gasteiger partial charge on any atom is 0.0667 e. The molecule has 0 aromatic carbocycles. The fraction of sp³-hybridized carbons (Fsp3) is 0.750. The van der Waals surface area contributed by atoms with Gasteiger partial charge < -0.3 is 5.21 Å². The lowest BCUT2D eigenvalue weighted by molar-refractivity contribution is -0.101. The Balaban J connectivity index is 3.69. The van der Waals surface area contributed by atoms with Crippen LogP contribution in [0.5, 0.6) is 0 Å². The van der Waals surface area contributed by atoms with Gasteiger partial charge in [-0.15, -0.1) is 0 Å². The van der Waals surface area contributed by atoms with Crippen LogP contribution in [0.1, 0.15) is 13.8 Å². The average Bonchev–Trinajstić information content (AvgIpc) is 2.03. The molecule has 2 atom stereocenters. The summed E-state index contributed by atoms with van der Waals surface area (Å²) >= 11 is 0. The summed E-state index contributed by atoms with van der Waals surface area (Å²) < 4.78 is 0. The van der Waals surface area contributed by atoms with Crippen molar-refractivity contribution >= 4 is 0 Å². The van der Waals surface area contributed by atoms with Gasteiger partial charge in [-0.05, 0) is 13.8 Å². The molecule has 0 aliphatic heterocycles. The predicted octanol–water partition coefficient (Wildman–Crippen LogP) is 0.997. The summed E-state index contributed by atoms with van der Waals surface area (Å²) in [7, 11) is 0. The van der Waals surface area contributed by atoms with Gasteiger partial charge in [-0.2, -0.15) is 15.6 Å². The van der Waals surface area contributed by atoms with Crippen LogP contribution < -0.4 is 0 Å². The molecular formula is C8H13N3O. The quantitative estimate of drug-likeness (QED) is 0.634. The number of nitriles is 2. The lowest BCUT2D eigenvalue weighted by Gasteiger charge is -2.16.